The molecule has 0 amide bonds. The van der Waals surface area contributed by atoms with E-state index in [9.17, 15) is 9.90 Å². The number of anilines is 1. The molecule has 0 saturated carbocycles. The zero-order chi connectivity index (χ0) is 24.2. The van der Waals surface area contributed by atoms with Crippen LogP contribution in [0.4, 0.5) is 5.69 Å². The zero-order valence-corrected chi connectivity index (χ0v) is 21.2. The third-order valence-corrected chi connectivity index (χ3v) is 6.82. The standard InChI is InChI=1S/C26H32ClNO4S/c1-16-13-20(32-12-10-19-7-5-6-11-31-19)14-17(2)23(16)24(33)28-22-15-18(8-9-21(22)27)26(3,4)25(29)30/h8-9,13-15,19H,5-7,10-12H2,1-4H3,(H,28,33)(H,29,30). The third-order valence-electron chi connectivity index (χ3n) is 6.19. The van der Waals surface area contributed by atoms with Crippen molar-refractivity contribution >= 4 is 40.5 Å². The molecule has 0 aromatic heterocycles. The Morgan fingerprint density at radius 2 is 1.94 bits per heavy atom. The monoisotopic (exact) mass is 489 g/mol. The SMILES string of the molecule is Cc1cc(OCCC2CCCCO2)cc(C)c1C(=S)Nc1cc(C(C)(C)C(=O)O)ccc1Cl. The molecule has 0 spiro atoms. The summed E-state index contributed by atoms with van der Waals surface area (Å²) in [7, 11) is 0. The predicted molar refractivity (Wildman–Crippen MR) is 137 cm³/mol. The van der Waals surface area contributed by atoms with Gasteiger partial charge in [-0.25, -0.2) is 0 Å². The number of thiocarbonyl (C=S) groups is 1. The van der Waals surface area contributed by atoms with Gasteiger partial charge in [0.25, 0.3) is 0 Å². The van der Waals surface area contributed by atoms with E-state index in [1.165, 1.54) is 6.42 Å². The lowest BCUT2D eigenvalue weighted by Gasteiger charge is -2.23. The van der Waals surface area contributed by atoms with E-state index in [2.05, 4.69) is 5.32 Å². The van der Waals surface area contributed by atoms with Crippen molar-refractivity contribution in [2.45, 2.75) is 64.9 Å². The molecule has 1 aliphatic heterocycles. The molecule has 0 radical (unpaired) electrons. The fraction of sp³-hybridized carbons (Fsp3) is 0.462. The Kier molecular flexibility index (Phi) is 8.38. The number of carbonyl (C=O) groups is 1. The average molecular weight is 490 g/mol. The molecule has 5 nitrogen and oxygen atoms in total. The number of hydrogen-bond donors (Lipinski definition) is 2. The summed E-state index contributed by atoms with van der Waals surface area (Å²) in [4.78, 5) is 12.2. The van der Waals surface area contributed by atoms with Gasteiger partial charge in [-0.05, 0) is 87.9 Å². The van der Waals surface area contributed by atoms with Crippen LogP contribution >= 0.6 is 23.8 Å². The maximum absolute atomic E-state index is 11.6. The fourth-order valence-electron chi connectivity index (χ4n) is 4.03. The molecule has 178 valence electrons. The first kappa shape index (κ1) is 25.5. The highest BCUT2D eigenvalue weighted by molar-refractivity contribution is 7.81. The minimum absolute atomic E-state index is 0.295. The topological polar surface area (TPSA) is 67.8 Å². The minimum atomic E-state index is -1.05. The summed E-state index contributed by atoms with van der Waals surface area (Å²) in [5, 5.41) is 13.2. The van der Waals surface area contributed by atoms with E-state index in [1.54, 1.807) is 32.0 Å². The Morgan fingerprint density at radius 1 is 1.24 bits per heavy atom. The maximum atomic E-state index is 11.6. The molecule has 0 aliphatic carbocycles. The molecular formula is C26H32ClNO4S. The van der Waals surface area contributed by atoms with Gasteiger partial charge in [0, 0.05) is 18.6 Å². The highest BCUT2D eigenvalue weighted by atomic mass is 35.5. The van der Waals surface area contributed by atoms with Crippen LogP contribution in [0.3, 0.4) is 0 Å². The van der Waals surface area contributed by atoms with Crippen LogP contribution in [0.5, 0.6) is 5.75 Å². The summed E-state index contributed by atoms with van der Waals surface area (Å²) in [5.41, 5.74) is 3.08. The van der Waals surface area contributed by atoms with E-state index in [4.69, 9.17) is 33.3 Å². The van der Waals surface area contributed by atoms with E-state index in [1.807, 2.05) is 26.0 Å². The van der Waals surface area contributed by atoms with Gasteiger partial charge in [0.2, 0.25) is 0 Å². The van der Waals surface area contributed by atoms with Crippen molar-refractivity contribution in [2.24, 2.45) is 0 Å². The first-order chi connectivity index (χ1) is 15.6. The van der Waals surface area contributed by atoms with Crippen LogP contribution in [0.25, 0.3) is 0 Å². The van der Waals surface area contributed by atoms with Gasteiger partial charge in [-0.1, -0.05) is 29.9 Å². The molecule has 1 aliphatic rings. The highest BCUT2D eigenvalue weighted by Crippen LogP contribution is 2.32. The van der Waals surface area contributed by atoms with Crippen LogP contribution in [0.1, 0.15) is 61.8 Å². The normalized spacial score (nSPS) is 16.3. The molecule has 3 rings (SSSR count). The Hall–Kier alpha value is -2.15. The van der Waals surface area contributed by atoms with E-state index < -0.39 is 11.4 Å². The second-order valence-electron chi connectivity index (χ2n) is 9.14. The molecular weight excluding hydrogens is 458 g/mol. The lowest BCUT2D eigenvalue weighted by Crippen LogP contribution is -2.28. The molecule has 7 heteroatoms. The summed E-state index contributed by atoms with van der Waals surface area (Å²) >= 11 is 12.1. The molecule has 1 saturated heterocycles. The van der Waals surface area contributed by atoms with E-state index in [0.717, 1.165) is 48.3 Å². The molecule has 0 bridgehead atoms. The van der Waals surface area contributed by atoms with Crippen LogP contribution < -0.4 is 10.1 Å². The van der Waals surface area contributed by atoms with Crippen LogP contribution in [-0.4, -0.2) is 35.4 Å². The Balaban J connectivity index is 1.72. The number of aryl methyl sites for hydroxylation is 2. The van der Waals surface area contributed by atoms with E-state index in [-0.39, 0.29) is 0 Å². The molecule has 2 N–H and O–H groups in total. The number of ether oxygens (including phenoxy) is 2. The van der Waals surface area contributed by atoms with Gasteiger partial charge in [0.05, 0.1) is 28.8 Å². The third kappa shape index (κ3) is 6.25. The first-order valence-electron chi connectivity index (χ1n) is 11.3. The van der Waals surface area contributed by atoms with Crippen LogP contribution in [0.15, 0.2) is 30.3 Å². The van der Waals surface area contributed by atoms with Crippen molar-refractivity contribution in [2.75, 3.05) is 18.5 Å². The number of halogens is 1. The smallest absolute Gasteiger partial charge is 0.313 e. The van der Waals surface area contributed by atoms with Gasteiger partial charge in [-0.2, -0.15) is 0 Å². The van der Waals surface area contributed by atoms with Crippen LogP contribution in [0.2, 0.25) is 5.02 Å². The van der Waals surface area contributed by atoms with Crippen LogP contribution in [-0.2, 0) is 14.9 Å². The number of carboxylic acids is 1. The molecule has 2 aromatic carbocycles. The number of rotatable bonds is 8. The lowest BCUT2D eigenvalue weighted by molar-refractivity contribution is -0.142. The van der Waals surface area contributed by atoms with Gasteiger partial charge in [-0.15, -0.1) is 0 Å². The van der Waals surface area contributed by atoms with Gasteiger partial charge in [0.1, 0.15) is 10.7 Å². The second-order valence-corrected chi connectivity index (χ2v) is 9.95. The lowest BCUT2D eigenvalue weighted by atomic mass is 9.84. The van der Waals surface area contributed by atoms with Gasteiger partial charge >= 0.3 is 5.97 Å². The van der Waals surface area contributed by atoms with E-state index >= 15 is 0 Å². The number of carboxylic acid groups (broad SMARTS) is 1. The fourth-order valence-corrected chi connectivity index (χ4v) is 4.62. The largest absolute Gasteiger partial charge is 0.493 e. The zero-order valence-electron chi connectivity index (χ0n) is 19.7. The molecule has 2 aromatic rings. The van der Waals surface area contributed by atoms with Crippen molar-refractivity contribution in [3.05, 3.63) is 57.6 Å². The Bertz CT molecular complexity index is 1010. The van der Waals surface area contributed by atoms with Gasteiger partial charge in [-0.3, -0.25) is 4.79 Å². The van der Waals surface area contributed by atoms with Gasteiger partial charge in [0.15, 0.2) is 0 Å². The Morgan fingerprint density at radius 3 is 2.55 bits per heavy atom. The quantitative estimate of drug-likeness (QED) is 0.415. The molecule has 1 heterocycles. The second kappa shape index (κ2) is 10.9. The summed E-state index contributed by atoms with van der Waals surface area (Å²) in [6, 6.07) is 9.15. The van der Waals surface area contributed by atoms with Crippen molar-refractivity contribution in [1.82, 2.24) is 0 Å². The summed E-state index contributed by atoms with van der Waals surface area (Å²) < 4.78 is 11.8. The van der Waals surface area contributed by atoms with Crippen molar-refractivity contribution in [3.8, 4) is 5.75 Å². The first-order valence-corrected chi connectivity index (χ1v) is 12.1. The number of aliphatic carboxylic acids is 1. The summed E-state index contributed by atoms with van der Waals surface area (Å²) in [5.74, 6) is -0.0914. The van der Waals surface area contributed by atoms with Gasteiger partial charge < -0.3 is 19.9 Å². The van der Waals surface area contributed by atoms with Crippen LogP contribution in [0, 0.1) is 13.8 Å². The predicted octanol–water partition coefficient (Wildman–Crippen LogP) is 6.44. The van der Waals surface area contributed by atoms with Crippen molar-refractivity contribution < 1.29 is 19.4 Å². The summed E-state index contributed by atoms with van der Waals surface area (Å²) in [6.07, 6.45) is 4.67. The molecule has 1 unspecified atom stereocenters. The number of benzene rings is 2. The maximum Gasteiger partial charge on any atom is 0.313 e. The summed E-state index contributed by atoms with van der Waals surface area (Å²) in [6.45, 7) is 8.79. The highest BCUT2D eigenvalue weighted by Gasteiger charge is 2.30. The van der Waals surface area contributed by atoms with Crippen molar-refractivity contribution in [1.29, 1.82) is 0 Å². The van der Waals surface area contributed by atoms with E-state index in [0.29, 0.717) is 34.0 Å². The average Bonchev–Trinajstić information content (AvgIpc) is 2.75. The molecule has 1 fully saturated rings. The molecule has 33 heavy (non-hydrogen) atoms. The Labute approximate surface area is 206 Å². The van der Waals surface area contributed by atoms with Crippen molar-refractivity contribution in [3.63, 3.8) is 0 Å². The number of nitrogens with one attached hydrogen (secondary N) is 1. The molecule has 1 atom stereocenters. The minimum Gasteiger partial charge on any atom is -0.493 e. The number of hydrogen-bond acceptors (Lipinski definition) is 4.